The lowest BCUT2D eigenvalue weighted by atomic mass is 9.94. The minimum absolute atomic E-state index is 0.105. The highest BCUT2D eigenvalue weighted by Crippen LogP contribution is 2.28. The van der Waals surface area contributed by atoms with Crippen LogP contribution in [0.1, 0.15) is 44.9 Å². The molecule has 178 valence electrons. The highest BCUT2D eigenvalue weighted by Gasteiger charge is 2.24. The van der Waals surface area contributed by atoms with Gasteiger partial charge in [-0.05, 0) is 66.3 Å². The summed E-state index contributed by atoms with van der Waals surface area (Å²) in [5, 5.41) is 2.91. The molecule has 0 bridgehead atoms. The molecule has 0 atom stereocenters. The molecule has 1 aliphatic rings. The average molecular weight is 464 g/mol. The predicted octanol–water partition coefficient (Wildman–Crippen LogP) is 3.45. The van der Waals surface area contributed by atoms with E-state index in [9.17, 15) is 9.59 Å². The van der Waals surface area contributed by atoms with Crippen LogP contribution < -0.4 is 14.8 Å². The standard InChI is InChI=1S/C26H29N3O5/c1-17-21(15-28-26(31)23-5-4-12-34-23)20-10-11-29(16-19(20)14-27-17)25(30)9-7-18-6-8-22(32-2)24(13-18)33-3/h4-6,8,12-14H,7,9-11,15-16H2,1-3H3,(H,28,31). The predicted molar refractivity (Wildman–Crippen MR) is 126 cm³/mol. The molecule has 2 amide bonds. The number of nitrogens with zero attached hydrogens (tertiary/aromatic N) is 2. The molecule has 0 radical (unpaired) electrons. The highest BCUT2D eigenvalue weighted by atomic mass is 16.5. The van der Waals surface area contributed by atoms with Gasteiger partial charge < -0.3 is 24.1 Å². The van der Waals surface area contributed by atoms with Crippen LogP contribution in [0.25, 0.3) is 0 Å². The van der Waals surface area contributed by atoms with Crippen molar-refractivity contribution >= 4 is 11.8 Å². The highest BCUT2D eigenvalue weighted by molar-refractivity contribution is 5.91. The first-order chi connectivity index (χ1) is 16.5. The van der Waals surface area contributed by atoms with Crippen LogP contribution in [0, 0.1) is 6.92 Å². The van der Waals surface area contributed by atoms with Gasteiger partial charge in [0.05, 0.1) is 20.5 Å². The number of furan rings is 1. The first-order valence-corrected chi connectivity index (χ1v) is 11.3. The molecule has 4 rings (SSSR count). The molecule has 2 aromatic heterocycles. The van der Waals surface area contributed by atoms with E-state index >= 15 is 0 Å². The molecule has 0 saturated heterocycles. The summed E-state index contributed by atoms with van der Waals surface area (Å²) in [7, 11) is 3.20. The van der Waals surface area contributed by atoms with Gasteiger partial charge in [0.25, 0.3) is 5.91 Å². The SMILES string of the molecule is COc1ccc(CCC(=O)N2CCc3c(cnc(C)c3CNC(=O)c3ccco3)C2)cc1OC. The fourth-order valence-corrected chi connectivity index (χ4v) is 4.28. The number of hydrogen-bond acceptors (Lipinski definition) is 6. The molecule has 3 aromatic rings. The largest absolute Gasteiger partial charge is 0.493 e. The molecular weight excluding hydrogens is 434 g/mol. The summed E-state index contributed by atoms with van der Waals surface area (Å²) in [6, 6.07) is 9.04. The number of carbonyl (C=O) groups excluding carboxylic acids is 2. The van der Waals surface area contributed by atoms with Gasteiger partial charge in [0, 0.05) is 37.9 Å². The lowest BCUT2D eigenvalue weighted by molar-refractivity contribution is -0.132. The van der Waals surface area contributed by atoms with Crippen LogP contribution in [0.4, 0.5) is 0 Å². The second-order valence-corrected chi connectivity index (χ2v) is 8.24. The van der Waals surface area contributed by atoms with E-state index in [0.717, 1.165) is 34.4 Å². The zero-order chi connectivity index (χ0) is 24.1. The number of ether oxygens (including phenoxy) is 2. The Kier molecular flexibility index (Phi) is 7.15. The molecule has 8 nitrogen and oxygen atoms in total. The minimum Gasteiger partial charge on any atom is -0.493 e. The molecular formula is C26H29N3O5. The number of carbonyl (C=O) groups is 2. The van der Waals surface area contributed by atoms with Gasteiger partial charge >= 0.3 is 0 Å². The average Bonchev–Trinajstić information content (AvgIpc) is 3.41. The van der Waals surface area contributed by atoms with E-state index in [1.165, 1.54) is 6.26 Å². The van der Waals surface area contributed by atoms with E-state index in [-0.39, 0.29) is 17.6 Å². The van der Waals surface area contributed by atoms with Gasteiger partial charge in [-0.2, -0.15) is 0 Å². The first kappa shape index (κ1) is 23.4. The fourth-order valence-electron chi connectivity index (χ4n) is 4.28. The maximum absolute atomic E-state index is 12.9. The zero-order valence-electron chi connectivity index (χ0n) is 19.7. The van der Waals surface area contributed by atoms with Crippen molar-refractivity contribution in [3.63, 3.8) is 0 Å². The molecule has 34 heavy (non-hydrogen) atoms. The molecule has 1 aliphatic heterocycles. The Labute approximate surface area is 198 Å². The van der Waals surface area contributed by atoms with Crippen molar-refractivity contribution in [3.8, 4) is 11.5 Å². The number of hydrogen-bond donors (Lipinski definition) is 1. The summed E-state index contributed by atoms with van der Waals surface area (Å²) in [4.78, 5) is 31.6. The summed E-state index contributed by atoms with van der Waals surface area (Å²) in [6.07, 6.45) is 5.08. The Morgan fingerprint density at radius 3 is 2.74 bits per heavy atom. The second kappa shape index (κ2) is 10.4. The van der Waals surface area contributed by atoms with E-state index in [1.54, 1.807) is 26.4 Å². The molecule has 0 unspecified atom stereocenters. The third-order valence-corrected chi connectivity index (χ3v) is 6.19. The van der Waals surface area contributed by atoms with Crippen molar-refractivity contribution in [1.29, 1.82) is 0 Å². The number of aromatic nitrogens is 1. The number of rotatable bonds is 8. The molecule has 1 aromatic carbocycles. The van der Waals surface area contributed by atoms with Crippen molar-refractivity contribution in [3.05, 3.63) is 76.5 Å². The summed E-state index contributed by atoms with van der Waals surface area (Å²) >= 11 is 0. The quantitative estimate of drug-likeness (QED) is 0.550. The molecule has 0 aliphatic carbocycles. The smallest absolute Gasteiger partial charge is 0.287 e. The Morgan fingerprint density at radius 1 is 1.18 bits per heavy atom. The van der Waals surface area contributed by atoms with Crippen LogP contribution in [0.2, 0.25) is 0 Å². The summed E-state index contributed by atoms with van der Waals surface area (Å²) in [5.74, 6) is 1.46. The van der Waals surface area contributed by atoms with Gasteiger partial charge in [0.2, 0.25) is 5.91 Å². The van der Waals surface area contributed by atoms with Crippen LogP contribution in [-0.4, -0.2) is 42.5 Å². The van der Waals surface area contributed by atoms with Gasteiger partial charge in [-0.15, -0.1) is 0 Å². The molecule has 8 heteroatoms. The van der Waals surface area contributed by atoms with Crippen LogP contribution >= 0.6 is 0 Å². The summed E-state index contributed by atoms with van der Waals surface area (Å²) < 4.78 is 15.8. The number of aryl methyl sites for hydroxylation is 2. The summed E-state index contributed by atoms with van der Waals surface area (Å²) in [5.41, 5.74) is 5.10. The fraction of sp³-hybridized carbons (Fsp3) is 0.346. The van der Waals surface area contributed by atoms with Crippen molar-refractivity contribution in [2.24, 2.45) is 0 Å². The second-order valence-electron chi connectivity index (χ2n) is 8.24. The van der Waals surface area contributed by atoms with E-state index in [2.05, 4.69) is 10.3 Å². The maximum atomic E-state index is 12.9. The Morgan fingerprint density at radius 2 is 2.00 bits per heavy atom. The van der Waals surface area contributed by atoms with Crippen molar-refractivity contribution < 1.29 is 23.5 Å². The molecule has 0 fully saturated rings. The van der Waals surface area contributed by atoms with Gasteiger partial charge in [-0.1, -0.05) is 6.07 Å². The minimum atomic E-state index is -0.259. The Bertz CT molecular complexity index is 1170. The molecule has 1 N–H and O–H groups in total. The van der Waals surface area contributed by atoms with Crippen LogP contribution in [0.15, 0.2) is 47.2 Å². The normalized spacial score (nSPS) is 12.7. The van der Waals surface area contributed by atoms with E-state index in [1.807, 2.05) is 36.2 Å². The van der Waals surface area contributed by atoms with Gasteiger partial charge in [0.15, 0.2) is 17.3 Å². The molecule has 0 spiro atoms. The third kappa shape index (κ3) is 5.06. The van der Waals surface area contributed by atoms with E-state index in [0.29, 0.717) is 44.0 Å². The van der Waals surface area contributed by atoms with Gasteiger partial charge in [-0.25, -0.2) is 0 Å². The lowest BCUT2D eigenvalue weighted by Crippen LogP contribution is -2.37. The third-order valence-electron chi connectivity index (χ3n) is 6.19. The Balaban J connectivity index is 1.39. The topological polar surface area (TPSA) is 93.9 Å². The van der Waals surface area contributed by atoms with Crippen LogP contribution in [0.5, 0.6) is 11.5 Å². The van der Waals surface area contributed by atoms with Gasteiger partial charge in [-0.3, -0.25) is 14.6 Å². The van der Waals surface area contributed by atoms with Crippen molar-refractivity contribution in [2.45, 2.75) is 39.3 Å². The van der Waals surface area contributed by atoms with Crippen molar-refractivity contribution in [1.82, 2.24) is 15.2 Å². The molecule has 3 heterocycles. The number of benzene rings is 1. The summed E-state index contributed by atoms with van der Waals surface area (Å²) in [6.45, 7) is 3.47. The lowest BCUT2D eigenvalue weighted by Gasteiger charge is -2.30. The van der Waals surface area contributed by atoms with E-state index in [4.69, 9.17) is 13.9 Å². The number of fused-ring (bicyclic) bond motifs is 1. The Hall–Kier alpha value is -3.81. The maximum Gasteiger partial charge on any atom is 0.287 e. The van der Waals surface area contributed by atoms with E-state index < -0.39 is 0 Å². The van der Waals surface area contributed by atoms with Crippen LogP contribution in [0.3, 0.4) is 0 Å². The zero-order valence-corrected chi connectivity index (χ0v) is 19.7. The number of methoxy groups -OCH3 is 2. The first-order valence-electron chi connectivity index (χ1n) is 11.3. The number of pyridine rings is 1. The van der Waals surface area contributed by atoms with Gasteiger partial charge in [0.1, 0.15) is 0 Å². The van der Waals surface area contributed by atoms with Crippen LogP contribution in [-0.2, 0) is 30.7 Å². The number of nitrogens with one attached hydrogen (secondary N) is 1. The number of amides is 2. The monoisotopic (exact) mass is 463 g/mol. The van der Waals surface area contributed by atoms with Crippen molar-refractivity contribution in [2.75, 3.05) is 20.8 Å². The molecule has 0 saturated carbocycles.